The Hall–Kier alpha value is -1.58. The molecule has 1 unspecified atom stereocenters. The van der Waals surface area contributed by atoms with Crippen LogP contribution in [0.2, 0.25) is 0 Å². The van der Waals surface area contributed by atoms with Crippen LogP contribution >= 0.6 is 0 Å². The quantitative estimate of drug-likeness (QED) is 0.778. The predicted molar refractivity (Wildman–Crippen MR) is 53.7 cm³/mol. The molecule has 1 aromatic rings. The summed E-state index contributed by atoms with van der Waals surface area (Å²) in [5.41, 5.74) is 0.155. The average Bonchev–Trinajstić information content (AvgIpc) is 2.16. The number of rotatable bonds is 4. The summed E-state index contributed by atoms with van der Waals surface area (Å²) < 4.78 is 18.3. The predicted octanol–water partition coefficient (Wildman–Crippen LogP) is 2.23. The Labute approximate surface area is 87.5 Å². The molecule has 0 radical (unpaired) electrons. The van der Waals surface area contributed by atoms with E-state index < -0.39 is 5.82 Å². The second-order valence-corrected chi connectivity index (χ2v) is 3.35. The van der Waals surface area contributed by atoms with Crippen molar-refractivity contribution >= 4 is 6.29 Å². The van der Waals surface area contributed by atoms with Gasteiger partial charge in [-0.2, -0.15) is 0 Å². The summed E-state index contributed by atoms with van der Waals surface area (Å²) in [6.07, 6.45) is 0.880. The number of phenolic OH excluding ortho intramolecular Hbond substituents is 1. The molecule has 0 saturated carbocycles. The highest BCUT2D eigenvalue weighted by Crippen LogP contribution is 2.33. The normalized spacial score (nSPS) is 12.2. The lowest BCUT2D eigenvalue weighted by atomic mass is 9.97. The van der Waals surface area contributed by atoms with E-state index in [1.54, 1.807) is 6.92 Å². The number of methoxy groups -OCH3 is 1. The van der Waals surface area contributed by atoms with Crippen LogP contribution in [0, 0.1) is 5.82 Å². The lowest BCUT2D eigenvalue weighted by molar-refractivity contribution is -0.108. The second kappa shape index (κ2) is 4.77. The van der Waals surface area contributed by atoms with Gasteiger partial charge in [-0.05, 0) is 5.92 Å². The highest BCUT2D eigenvalue weighted by molar-refractivity contribution is 5.53. The van der Waals surface area contributed by atoms with E-state index in [1.165, 1.54) is 19.2 Å². The Kier molecular flexibility index (Phi) is 3.66. The first-order valence-electron chi connectivity index (χ1n) is 4.60. The Morgan fingerprint density at radius 1 is 1.60 bits per heavy atom. The minimum atomic E-state index is -0.554. The first-order chi connectivity index (χ1) is 7.10. The number of ether oxygens (including phenoxy) is 1. The van der Waals surface area contributed by atoms with Gasteiger partial charge in [-0.3, -0.25) is 0 Å². The van der Waals surface area contributed by atoms with E-state index in [1.807, 2.05) is 0 Å². The van der Waals surface area contributed by atoms with Crippen LogP contribution in [0.1, 0.15) is 24.8 Å². The van der Waals surface area contributed by atoms with Crippen molar-refractivity contribution in [1.82, 2.24) is 0 Å². The first kappa shape index (κ1) is 11.5. The lowest BCUT2D eigenvalue weighted by Gasteiger charge is -2.13. The largest absolute Gasteiger partial charge is 0.507 e. The van der Waals surface area contributed by atoms with Gasteiger partial charge in [0.2, 0.25) is 0 Å². The zero-order valence-corrected chi connectivity index (χ0v) is 8.66. The molecule has 0 amide bonds. The minimum Gasteiger partial charge on any atom is -0.507 e. The number of carbonyl (C=O) groups is 1. The van der Waals surface area contributed by atoms with E-state index in [0.29, 0.717) is 6.29 Å². The molecule has 15 heavy (non-hydrogen) atoms. The van der Waals surface area contributed by atoms with Gasteiger partial charge in [0.15, 0.2) is 0 Å². The summed E-state index contributed by atoms with van der Waals surface area (Å²) >= 11 is 0. The maximum absolute atomic E-state index is 13.5. The summed E-state index contributed by atoms with van der Waals surface area (Å²) in [7, 11) is 1.39. The van der Waals surface area contributed by atoms with Gasteiger partial charge < -0.3 is 14.6 Å². The zero-order valence-electron chi connectivity index (χ0n) is 8.66. The lowest BCUT2D eigenvalue weighted by Crippen LogP contribution is -1.99. The van der Waals surface area contributed by atoms with Gasteiger partial charge in [-0.15, -0.1) is 0 Å². The molecule has 0 aliphatic carbocycles. The molecule has 0 aliphatic rings. The molecule has 0 aromatic heterocycles. The van der Waals surface area contributed by atoms with Gasteiger partial charge in [-0.25, -0.2) is 4.39 Å². The monoisotopic (exact) mass is 212 g/mol. The van der Waals surface area contributed by atoms with Gasteiger partial charge in [0, 0.05) is 24.1 Å². The molecular weight excluding hydrogens is 199 g/mol. The summed E-state index contributed by atoms with van der Waals surface area (Å²) in [5.74, 6) is -0.817. The molecule has 1 atom stereocenters. The average molecular weight is 212 g/mol. The number of hydrogen-bond donors (Lipinski definition) is 1. The van der Waals surface area contributed by atoms with Gasteiger partial charge in [0.05, 0.1) is 7.11 Å². The van der Waals surface area contributed by atoms with Crippen molar-refractivity contribution in [3.63, 3.8) is 0 Å². The molecule has 0 bridgehead atoms. The number of halogens is 1. The smallest absolute Gasteiger partial charge is 0.134 e. The van der Waals surface area contributed by atoms with Crippen LogP contribution in [0.5, 0.6) is 11.5 Å². The number of hydrogen-bond acceptors (Lipinski definition) is 3. The third-order valence-corrected chi connectivity index (χ3v) is 2.26. The van der Waals surface area contributed by atoms with E-state index >= 15 is 0 Å². The third-order valence-electron chi connectivity index (χ3n) is 2.26. The van der Waals surface area contributed by atoms with Crippen LogP contribution in [0.3, 0.4) is 0 Å². The van der Waals surface area contributed by atoms with Crippen LogP contribution in [-0.2, 0) is 4.79 Å². The molecule has 3 nitrogen and oxygen atoms in total. The van der Waals surface area contributed by atoms with Crippen LogP contribution in [0.25, 0.3) is 0 Å². The minimum absolute atomic E-state index is 0.155. The van der Waals surface area contributed by atoms with Gasteiger partial charge in [0.1, 0.15) is 23.6 Å². The SMILES string of the molecule is COc1cc(O)c(C(C)CC=O)c(F)c1. The third kappa shape index (κ3) is 2.46. The first-order valence-corrected chi connectivity index (χ1v) is 4.60. The van der Waals surface area contributed by atoms with E-state index in [9.17, 15) is 14.3 Å². The highest BCUT2D eigenvalue weighted by Gasteiger charge is 2.16. The number of phenols is 1. The Balaban J connectivity index is 3.12. The number of carbonyl (C=O) groups excluding carboxylic acids is 1. The molecule has 1 N–H and O–H groups in total. The van der Waals surface area contributed by atoms with Gasteiger partial charge >= 0.3 is 0 Å². The van der Waals surface area contributed by atoms with E-state index in [0.717, 1.165) is 0 Å². The van der Waals surface area contributed by atoms with Crippen molar-refractivity contribution in [3.05, 3.63) is 23.5 Å². The topological polar surface area (TPSA) is 46.5 Å². The summed E-state index contributed by atoms with van der Waals surface area (Å²) in [6, 6.07) is 2.52. The van der Waals surface area contributed by atoms with Crippen molar-refractivity contribution in [2.24, 2.45) is 0 Å². The fourth-order valence-corrected chi connectivity index (χ4v) is 1.45. The van der Waals surface area contributed by atoms with Crippen molar-refractivity contribution in [2.75, 3.05) is 7.11 Å². The zero-order chi connectivity index (χ0) is 11.4. The Bertz CT molecular complexity index is 340. The van der Waals surface area contributed by atoms with Crippen LogP contribution < -0.4 is 4.74 Å². The number of aromatic hydroxyl groups is 1. The molecule has 0 aliphatic heterocycles. The van der Waals surface area contributed by atoms with E-state index in [-0.39, 0.29) is 29.4 Å². The second-order valence-electron chi connectivity index (χ2n) is 3.35. The maximum Gasteiger partial charge on any atom is 0.134 e. The molecular formula is C11H13FO3. The maximum atomic E-state index is 13.5. The molecule has 0 spiro atoms. The molecule has 0 saturated heterocycles. The van der Waals surface area contributed by atoms with Crippen molar-refractivity contribution < 1.29 is 19.0 Å². The fraction of sp³-hybridized carbons (Fsp3) is 0.364. The van der Waals surface area contributed by atoms with Crippen LogP contribution in [-0.4, -0.2) is 18.5 Å². The van der Waals surface area contributed by atoms with E-state index in [4.69, 9.17) is 4.74 Å². The van der Waals surface area contributed by atoms with Crippen molar-refractivity contribution in [1.29, 1.82) is 0 Å². The molecule has 0 fully saturated rings. The molecule has 1 rings (SSSR count). The molecule has 0 heterocycles. The summed E-state index contributed by atoms with van der Waals surface area (Å²) in [4.78, 5) is 10.3. The van der Waals surface area contributed by atoms with Crippen molar-refractivity contribution in [2.45, 2.75) is 19.3 Å². The fourth-order valence-electron chi connectivity index (χ4n) is 1.45. The van der Waals surface area contributed by atoms with Gasteiger partial charge in [-0.1, -0.05) is 6.92 Å². The standard InChI is InChI=1S/C11H13FO3/c1-7(3-4-13)11-9(12)5-8(15-2)6-10(11)14/h4-7,14H,3H2,1-2H3. The molecule has 1 aromatic carbocycles. The number of aldehydes is 1. The molecule has 82 valence electrons. The summed E-state index contributed by atoms with van der Waals surface area (Å²) in [6.45, 7) is 1.68. The van der Waals surface area contributed by atoms with Gasteiger partial charge in [0.25, 0.3) is 0 Å². The summed E-state index contributed by atoms with van der Waals surface area (Å²) in [5, 5.41) is 9.56. The Morgan fingerprint density at radius 3 is 2.73 bits per heavy atom. The van der Waals surface area contributed by atoms with Crippen molar-refractivity contribution in [3.8, 4) is 11.5 Å². The van der Waals surface area contributed by atoms with Crippen LogP contribution in [0.15, 0.2) is 12.1 Å². The van der Waals surface area contributed by atoms with Crippen LogP contribution in [0.4, 0.5) is 4.39 Å². The Morgan fingerprint density at radius 2 is 2.27 bits per heavy atom. The van der Waals surface area contributed by atoms with E-state index in [2.05, 4.69) is 0 Å². The molecule has 4 heteroatoms. The number of benzene rings is 1. The highest BCUT2D eigenvalue weighted by atomic mass is 19.1.